The summed E-state index contributed by atoms with van der Waals surface area (Å²) in [6.07, 6.45) is 1.48. The van der Waals surface area contributed by atoms with Crippen LogP contribution in [0.1, 0.15) is 25.3 Å². The fourth-order valence-electron chi connectivity index (χ4n) is 2.36. The highest BCUT2D eigenvalue weighted by Gasteiger charge is 2.09. The molecular formula is C16H21N3O. The van der Waals surface area contributed by atoms with Crippen LogP contribution in [0.15, 0.2) is 47.6 Å². The maximum atomic E-state index is 8.64. The summed E-state index contributed by atoms with van der Waals surface area (Å²) in [5, 5.41) is 17.7. The Kier molecular flexibility index (Phi) is 4.96. The topological polar surface area (TPSA) is 70.6 Å². The molecule has 0 aliphatic carbocycles. The molecule has 0 amide bonds. The van der Waals surface area contributed by atoms with Crippen LogP contribution in [0.2, 0.25) is 0 Å². The van der Waals surface area contributed by atoms with Crippen molar-refractivity contribution < 1.29 is 5.21 Å². The molecule has 1 unspecified atom stereocenters. The smallest absolute Gasteiger partial charge is 0.140 e. The minimum absolute atomic E-state index is 0.213. The molecule has 106 valence electrons. The van der Waals surface area contributed by atoms with E-state index in [0.717, 1.165) is 13.0 Å². The maximum Gasteiger partial charge on any atom is 0.140 e. The SMILES string of the molecule is CCC(CC(N)=NO)NCc1cccc2ccccc12. The number of benzene rings is 2. The zero-order chi connectivity index (χ0) is 14.4. The molecular weight excluding hydrogens is 250 g/mol. The van der Waals surface area contributed by atoms with Gasteiger partial charge in [-0.05, 0) is 22.8 Å². The first kappa shape index (κ1) is 14.3. The number of amidine groups is 1. The second kappa shape index (κ2) is 6.91. The molecule has 0 heterocycles. The van der Waals surface area contributed by atoms with Gasteiger partial charge in [-0.25, -0.2) is 0 Å². The van der Waals surface area contributed by atoms with E-state index in [9.17, 15) is 0 Å². The molecule has 0 bridgehead atoms. The van der Waals surface area contributed by atoms with E-state index < -0.39 is 0 Å². The van der Waals surface area contributed by atoms with Gasteiger partial charge in [-0.2, -0.15) is 0 Å². The van der Waals surface area contributed by atoms with Crippen molar-refractivity contribution in [3.63, 3.8) is 0 Å². The zero-order valence-corrected chi connectivity index (χ0v) is 11.7. The summed E-state index contributed by atoms with van der Waals surface area (Å²) >= 11 is 0. The average Bonchev–Trinajstić information content (AvgIpc) is 2.51. The Morgan fingerprint density at radius 3 is 2.75 bits per heavy atom. The normalized spacial score (nSPS) is 13.6. The Hall–Kier alpha value is -2.07. The standard InChI is InChI=1S/C16H21N3O/c1-2-14(10-16(17)19-20)18-11-13-8-5-7-12-6-3-4-9-15(12)13/h3-9,14,18,20H,2,10-11H2,1H3,(H2,17,19). The van der Waals surface area contributed by atoms with Crippen molar-refractivity contribution in [1.82, 2.24) is 5.32 Å². The molecule has 20 heavy (non-hydrogen) atoms. The molecule has 1 atom stereocenters. The van der Waals surface area contributed by atoms with Gasteiger partial charge >= 0.3 is 0 Å². The highest BCUT2D eigenvalue weighted by Crippen LogP contribution is 2.18. The Morgan fingerprint density at radius 2 is 2.00 bits per heavy atom. The summed E-state index contributed by atoms with van der Waals surface area (Å²) < 4.78 is 0. The molecule has 2 aromatic rings. The number of hydrogen-bond donors (Lipinski definition) is 3. The van der Waals surface area contributed by atoms with Crippen LogP contribution in [0.25, 0.3) is 10.8 Å². The van der Waals surface area contributed by atoms with E-state index in [1.54, 1.807) is 0 Å². The second-order valence-electron chi connectivity index (χ2n) is 4.92. The summed E-state index contributed by atoms with van der Waals surface area (Å²) in [6.45, 7) is 2.87. The molecule has 0 saturated carbocycles. The minimum Gasteiger partial charge on any atom is -0.409 e. The quantitative estimate of drug-likeness (QED) is 0.327. The van der Waals surface area contributed by atoms with E-state index in [1.165, 1.54) is 16.3 Å². The van der Waals surface area contributed by atoms with Crippen LogP contribution in [0.3, 0.4) is 0 Å². The number of rotatable bonds is 6. The third-order valence-electron chi connectivity index (χ3n) is 3.54. The highest BCUT2D eigenvalue weighted by molar-refractivity contribution is 5.85. The summed E-state index contributed by atoms with van der Waals surface area (Å²) in [5.74, 6) is 0.266. The monoisotopic (exact) mass is 271 g/mol. The molecule has 2 aromatic carbocycles. The number of hydrogen-bond acceptors (Lipinski definition) is 3. The molecule has 0 radical (unpaired) electrons. The van der Waals surface area contributed by atoms with E-state index >= 15 is 0 Å². The number of nitrogens with one attached hydrogen (secondary N) is 1. The first-order valence-corrected chi connectivity index (χ1v) is 6.91. The van der Waals surface area contributed by atoms with Crippen molar-refractivity contribution >= 4 is 16.6 Å². The van der Waals surface area contributed by atoms with Crippen LogP contribution in [0, 0.1) is 0 Å². The van der Waals surface area contributed by atoms with Crippen LogP contribution in [0.4, 0.5) is 0 Å². The maximum absolute atomic E-state index is 8.64. The first-order valence-electron chi connectivity index (χ1n) is 6.91. The largest absolute Gasteiger partial charge is 0.409 e. The summed E-state index contributed by atoms with van der Waals surface area (Å²) in [4.78, 5) is 0. The van der Waals surface area contributed by atoms with Gasteiger partial charge in [0, 0.05) is 19.0 Å². The number of nitrogens with zero attached hydrogens (tertiary/aromatic N) is 1. The fourth-order valence-corrected chi connectivity index (χ4v) is 2.36. The molecule has 0 spiro atoms. The zero-order valence-electron chi connectivity index (χ0n) is 11.7. The van der Waals surface area contributed by atoms with Gasteiger partial charge in [0.05, 0.1) is 0 Å². The van der Waals surface area contributed by atoms with E-state index in [2.05, 4.69) is 53.8 Å². The second-order valence-corrected chi connectivity index (χ2v) is 4.92. The van der Waals surface area contributed by atoms with Crippen LogP contribution in [-0.4, -0.2) is 17.1 Å². The van der Waals surface area contributed by atoms with Gasteiger partial charge in [-0.15, -0.1) is 0 Å². The Morgan fingerprint density at radius 1 is 1.25 bits per heavy atom. The molecule has 4 nitrogen and oxygen atoms in total. The molecule has 0 aliphatic heterocycles. The van der Waals surface area contributed by atoms with Crippen molar-refractivity contribution in [1.29, 1.82) is 0 Å². The molecule has 4 N–H and O–H groups in total. The Balaban J connectivity index is 2.08. The van der Waals surface area contributed by atoms with Crippen molar-refractivity contribution in [2.45, 2.75) is 32.4 Å². The minimum atomic E-state index is 0.213. The lowest BCUT2D eigenvalue weighted by molar-refractivity contribution is 0.315. The average molecular weight is 271 g/mol. The van der Waals surface area contributed by atoms with Crippen LogP contribution in [-0.2, 0) is 6.54 Å². The number of oxime groups is 1. The lowest BCUT2D eigenvalue weighted by Crippen LogP contribution is -2.32. The van der Waals surface area contributed by atoms with Crippen molar-refractivity contribution in [2.24, 2.45) is 10.9 Å². The predicted octanol–water partition coefficient (Wildman–Crippen LogP) is 2.84. The van der Waals surface area contributed by atoms with Gasteiger partial charge < -0.3 is 16.3 Å². The van der Waals surface area contributed by atoms with Crippen LogP contribution in [0.5, 0.6) is 0 Å². The number of fused-ring (bicyclic) bond motifs is 1. The summed E-state index contributed by atoms with van der Waals surface area (Å²) in [7, 11) is 0. The molecule has 0 fully saturated rings. The van der Waals surface area contributed by atoms with E-state index in [4.69, 9.17) is 10.9 Å². The lowest BCUT2D eigenvalue weighted by atomic mass is 10.0. The van der Waals surface area contributed by atoms with E-state index in [0.29, 0.717) is 6.42 Å². The molecule has 0 aromatic heterocycles. The summed E-state index contributed by atoms with van der Waals surface area (Å²) in [5.41, 5.74) is 6.83. The third-order valence-corrected chi connectivity index (χ3v) is 3.54. The summed E-state index contributed by atoms with van der Waals surface area (Å²) in [6, 6.07) is 14.9. The Labute approximate surface area is 119 Å². The van der Waals surface area contributed by atoms with Crippen molar-refractivity contribution in [2.75, 3.05) is 0 Å². The highest BCUT2D eigenvalue weighted by atomic mass is 16.4. The van der Waals surface area contributed by atoms with Gasteiger partial charge in [0.2, 0.25) is 0 Å². The predicted molar refractivity (Wildman–Crippen MR) is 82.9 cm³/mol. The van der Waals surface area contributed by atoms with Gasteiger partial charge in [-0.3, -0.25) is 0 Å². The number of nitrogens with two attached hydrogens (primary N) is 1. The molecule has 0 aliphatic rings. The van der Waals surface area contributed by atoms with Crippen molar-refractivity contribution in [3.8, 4) is 0 Å². The van der Waals surface area contributed by atoms with Crippen LogP contribution >= 0.6 is 0 Å². The first-order chi connectivity index (χ1) is 9.74. The van der Waals surface area contributed by atoms with Gasteiger partial charge in [0.25, 0.3) is 0 Å². The molecule has 4 heteroatoms. The van der Waals surface area contributed by atoms with E-state index in [1.807, 2.05) is 6.07 Å². The molecule has 0 saturated heterocycles. The third kappa shape index (κ3) is 3.48. The molecule has 2 rings (SSSR count). The van der Waals surface area contributed by atoms with Crippen LogP contribution < -0.4 is 11.1 Å². The van der Waals surface area contributed by atoms with Gasteiger partial charge in [0.1, 0.15) is 5.84 Å². The van der Waals surface area contributed by atoms with E-state index in [-0.39, 0.29) is 11.9 Å². The van der Waals surface area contributed by atoms with Gasteiger partial charge in [-0.1, -0.05) is 54.5 Å². The Bertz CT molecular complexity index is 590. The van der Waals surface area contributed by atoms with Gasteiger partial charge in [0.15, 0.2) is 0 Å². The fraction of sp³-hybridized carbons (Fsp3) is 0.312. The lowest BCUT2D eigenvalue weighted by Gasteiger charge is -2.17. The van der Waals surface area contributed by atoms with Crippen molar-refractivity contribution in [3.05, 3.63) is 48.0 Å².